The van der Waals surface area contributed by atoms with Gasteiger partial charge in [0.2, 0.25) is 0 Å². The molecule has 3 rings (SSSR count). The fraction of sp³-hybridized carbons (Fsp3) is 0.238. The molecular weight excluding hydrogens is 376 g/mol. The summed E-state index contributed by atoms with van der Waals surface area (Å²) in [7, 11) is 1.63. The smallest absolute Gasteiger partial charge is 0.165 e. The summed E-state index contributed by atoms with van der Waals surface area (Å²) in [5.74, 6) is 1.81. The van der Waals surface area contributed by atoms with E-state index in [9.17, 15) is 5.11 Å². The molecule has 0 saturated carbocycles. The highest BCUT2D eigenvalue weighted by Gasteiger charge is 2.15. The Labute approximate surface area is 169 Å². The van der Waals surface area contributed by atoms with Crippen molar-refractivity contribution in [1.29, 1.82) is 0 Å². The van der Waals surface area contributed by atoms with Crippen LogP contribution in [0, 0.1) is 0 Å². The third-order valence-electron chi connectivity index (χ3n) is 4.43. The van der Waals surface area contributed by atoms with E-state index in [1.807, 2.05) is 31.2 Å². The third kappa shape index (κ3) is 4.52. The maximum Gasteiger partial charge on any atom is 0.165 e. The van der Waals surface area contributed by atoms with Gasteiger partial charge in [-0.3, -0.25) is 0 Å². The number of hydrogen-bond donors (Lipinski definition) is 3. The Balaban J connectivity index is 2.07. The number of phenolic OH excluding ortho intramolecular Hbond substituents is 1. The Morgan fingerprint density at radius 2 is 2.04 bits per heavy atom. The molecule has 0 unspecified atom stereocenters. The monoisotopic (exact) mass is 398 g/mol. The zero-order valence-corrected chi connectivity index (χ0v) is 16.6. The van der Waals surface area contributed by atoms with Crippen LogP contribution >= 0.6 is 11.6 Å². The first kappa shape index (κ1) is 19.9. The van der Waals surface area contributed by atoms with Gasteiger partial charge in [-0.25, -0.2) is 9.97 Å². The summed E-state index contributed by atoms with van der Waals surface area (Å²) in [5.41, 5.74) is 8.25. The van der Waals surface area contributed by atoms with E-state index in [4.69, 9.17) is 22.1 Å². The highest BCUT2D eigenvalue weighted by atomic mass is 35.5. The lowest BCUT2D eigenvalue weighted by molar-refractivity contribution is 0.415. The van der Waals surface area contributed by atoms with Gasteiger partial charge in [0.05, 0.1) is 12.7 Å². The van der Waals surface area contributed by atoms with E-state index in [1.54, 1.807) is 25.4 Å². The Morgan fingerprint density at radius 1 is 1.21 bits per heavy atom. The van der Waals surface area contributed by atoms with Crippen molar-refractivity contribution in [3.8, 4) is 34.0 Å². The van der Waals surface area contributed by atoms with Crippen LogP contribution in [0.4, 0.5) is 5.82 Å². The van der Waals surface area contributed by atoms with Crippen LogP contribution in [-0.4, -0.2) is 34.8 Å². The molecule has 0 amide bonds. The molecule has 146 valence electrons. The van der Waals surface area contributed by atoms with Crippen LogP contribution in [0.3, 0.4) is 0 Å². The van der Waals surface area contributed by atoms with Gasteiger partial charge < -0.3 is 20.9 Å². The van der Waals surface area contributed by atoms with Crippen molar-refractivity contribution < 1.29 is 9.84 Å². The minimum atomic E-state index is -0.00357. The molecule has 0 spiro atoms. The Hall–Kier alpha value is -2.83. The van der Waals surface area contributed by atoms with E-state index >= 15 is 0 Å². The number of methoxy groups -OCH3 is 1. The third-order valence-corrected chi connectivity index (χ3v) is 4.66. The van der Waals surface area contributed by atoms with Crippen LogP contribution < -0.4 is 15.8 Å². The molecule has 4 N–H and O–H groups in total. The quantitative estimate of drug-likeness (QED) is 0.548. The Kier molecular flexibility index (Phi) is 6.34. The first-order valence-electron chi connectivity index (χ1n) is 9.01. The van der Waals surface area contributed by atoms with Crippen LogP contribution in [0.2, 0.25) is 5.02 Å². The molecule has 1 aromatic heterocycles. The summed E-state index contributed by atoms with van der Waals surface area (Å²) in [5, 5.41) is 14.0. The molecule has 1 heterocycles. The molecule has 7 heteroatoms. The maximum atomic E-state index is 10.2. The van der Waals surface area contributed by atoms with Crippen LogP contribution in [0.5, 0.6) is 11.5 Å². The standard InChI is InChI=1S/C21H23ClN4O2/c1-3-15(23)11-24-21-18(13-5-4-6-16(9-13)28-2)12-25-20(26-21)17-10-14(22)7-8-19(17)27/h4-10,12,15,27H,3,11,23H2,1-2H3,(H,24,25,26)/t15-/m1/s1. The van der Waals surface area contributed by atoms with Crippen molar-refractivity contribution >= 4 is 17.4 Å². The molecule has 0 saturated heterocycles. The van der Waals surface area contributed by atoms with Crippen molar-refractivity contribution in [2.45, 2.75) is 19.4 Å². The summed E-state index contributed by atoms with van der Waals surface area (Å²) in [6.45, 7) is 2.59. The fourth-order valence-corrected chi connectivity index (χ4v) is 2.88. The summed E-state index contributed by atoms with van der Waals surface area (Å²) < 4.78 is 5.32. The molecule has 0 fully saturated rings. The number of aromatic hydroxyl groups is 1. The number of rotatable bonds is 7. The summed E-state index contributed by atoms with van der Waals surface area (Å²) in [6, 6.07) is 12.4. The second-order valence-corrected chi connectivity index (χ2v) is 6.83. The SMILES string of the molecule is CC[C@@H](N)CNc1nc(-c2cc(Cl)ccc2O)ncc1-c1cccc(OC)c1. The predicted octanol–water partition coefficient (Wildman–Crippen LogP) is 4.33. The van der Waals surface area contributed by atoms with Gasteiger partial charge in [0.1, 0.15) is 17.3 Å². The van der Waals surface area contributed by atoms with Crippen LogP contribution in [0.25, 0.3) is 22.5 Å². The van der Waals surface area contributed by atoms with Gasteiger partial charge in [-0.15, -0.1) is 0 Å². The highest BCUT2D eigenvalue weighted by Crippen LogP contribution is 2.33. The van der Waals surface area contributed by atoms with Gasteiger partial charge >= 0.3 is 0 Å². The molecule has 0 aliphatic carbocycles. The molecular formula is C21H23ClN4O2. The number of hydrogen-bond acceptors (Lipinski definition) is 6. The van der Waals surface area contributed by atoms with Crippen molar-refractivity contribution in [1.82, 2.24) is 9.97 Å². The maximum absolute atomic E-state index is 10.2. The van der Waals surface area contributed by atoms with Crippen LogP contribution in [0.15, 0.2) is 48.7 Å². The Bertz CT molecular complexity index is 965. The van der Waals surface area contributed by atoms with Crippen molar-refractivity contribution in [2.24, 2.45) is 5.73 Å². The van der Waals surface area contributed by atoms with E-state index in [-0.39, 0.29) is 11.8 Å². The molecule has 28 heavy (non-hydrogen) atoms. The molecule has 6 nitrogen and oxygen atoms in total. The lowest BCUT2D eigenvalue weighted by Crippen LogP contribution is -2.28. The summed E-state index contributed by atoms with van der Waals surface area (Å²) in [4.78, 5) is 9.09. The molecule has 2 aromatic carbocycles. The lowest BCUT2D eigenvalue weighted by atomic mass is 10.1. The number of halogens is 1. The predicted molar refractivity (Wildman–Crippen MR) is 113 cm³/mol. The number of nitrogens with one attached hydrogen (secondary N) is 1. The van der Waals surface area contributed by atoms with E-state index in [1.165, 1.54) is 6.07 Å². The average molecular weight is 399 g/mol. The van der Waals surface area contributed by atoms with Crippen LogP contribution in [0.1, 0.15) is 13.3 Å². The molecule has 0 radical (unpaired) electrons. The van der Waals surface area contributed by atoms with Crippen molar-refractivity contribution in [3.05, 3.63) is 53.7 Å². The van der Waals surface area contributed by atoms with E-state index in [0.29, 0.717) is 28.8 Å². The van der Waals surface area contributed by atoms with Gasteiger partial charge in [-0.2, -0.15) is 0 Å². The van der Waals surface area contributed by atoms with E-state index in [0.717, 1.165) is 23.3 Å². The summed E-state index contributed by atoms with van der Waals surface area (Å²) >= 11 is 6.08. The largest absolute Gasteiger partial charge is 0.507 e. The molecule has 0 aliphatic rings. The lowest BCUT2D eigenvalue weighted by Gasteiger charge is -2.16. The van der Waals surface area contributed by atoms with Gasteiger partial charge in [0, 0.05) is 29.4 Å². The summed E-state index contributed by atoms with van der Waals surface area (Å²) in [6.07, 6.45) is 2.56. The molecule has 1 atom stereocenters. The van der Waals surface area contributed by atoms with Gasteiger partial charge in [-0.1, -0.05) is 30.7 Å². The molecule has 0 bridgehead atoms. The minimum absolute atomic E-state index is 0.00357. The number of phenols is 1. The minimum Gasteiger partial charge on any atom is -0.507 e. The van der Waals surface area contributed by atoms with Gasteiger partial charge in [-0.05, 0) is 42.3 Å². The first-order valence-corrected chi connectivity index (χ1v) is 9.39. The van der Waals surface area contributed by atoms with Gasteiger partial charge in [0.15, 0.2) is 5.82 Å². The molecule has 3 aromatic rings. The number of nitrogens with zero attached hydrogens (tertiary/aromatic N) is 2. The zero-order chi connectivity index (χ0) is 20.1. The fourth-order valence-electron chi connectivity index (χ4n) is 2.71. The van der Waals surface area contributed by atoms with Crippen molar-refractivity contribution in [3.63, 3.8) is 0 Å². The zero-order valence-electron chi connectivity index (χ0n) is 15.8. The number of nitrogens with two attached hydrogens (primary N) is 1. The topological polar surface area (TPSA) is 93.3 Å². The molecule has 0 aliphatic heterocycles. The highest BCUT2D eigenvalue weighted by molar-refractivity contribution is 6.30. The second-order valence-electron chi connectivity index (χ2n) is 6.40. The second kappa shape index (κ2) is 8.91. The first-order chi connectivity index (χ1) is 13.5. The van der Waals surface area contributed by atoms with Crippen molar-refractivity contribution in [2.75, 3.05) is 19.0 Å². The average Bonchev–Trinajstić information content (AvgIpc) is 2.73. The normalized spacial score (nSPS) is 11.9. The van der Waals surface area contributed by atoms with Crippen LogP contribution in [-0.2, 0) is 0 Å². The number of aromatic nitrogens is 2. The number of anilines is 1. The number of ether oxygens (including phenoxy) is 1. The van der Waals surface area contributed by atoms with Gasteiger partial charge in [0.25, 0.3) is 0 Å². The van der Waals surface area contributed by atoms with E-state index in [2.05, 4.69) is 15.3 Å². The van der Waals surface area contributed by atoms with E-state index < -0.39 is 0 Å². The Morgan fingerprint density at radius 3 is 2.79 bits per heavy atom. The number of benzene rings is 2.